The van der Waals surface area contributed by atoms with Crippen LogP contribution in [0, 0.1) is 5.82 Å². The number of nitrogens with zero attached hydrogens (tertiary/aromatic N) is 5. The number of fused-ring (bicyclic) bond motifs is 1. The minimum atomic E-state index is -0.642. The lowest BCUT2D eigenvalue weighted by molar-refractivity contribution is 0.0942. The number of carbonyl (C=O) groups excluding carboxylic acids is 2. The SMILES string of the molecule is Cn1cc(-c2ccc(C(=O)N(c3nccc4sc(-c5cccc(C(=O)NCCO)c5)cc34)[C@@H]3CCCNC3)c(F)c2)nn1. The number of amides is 2. The van der Waals surface area contributed by atoms with E-state index < -0.39 is 11.7 Å². The molecule has 3 aromatic heterocycles. The highest BCUT2D eigenvalue weighted by Gasteiger charge is 2.32. The molecule has 0 saturated carbocycles. The van der Waals surface area contributed by atoms with Crippen molar-refractivity contribution in [2.45, 2.75) is 18.9 Å². The van der Waals surface area contributed by atoms with Crippen LogP contribution < -0.4 is 15.5 Å². The fraction of sp³-hybridized carbons (Fsp3) is 0.258. The summed E-state index contributed by atoms with van der Waals surface area (Å²) < 4.78 is 18.0. The predicted molar refractivity (Wildman–Crippen MR) is 164 cm³/mol. The Bertz CT molecular complexity index is 1800. The maximum atomic E-state index is 15.6. The zero-order valence-electron chi connectivity index (χ0n) is 23.5. The van der Waals surface area contributed by atoms with Gasteiger partial charge in [0.05, 0.1) is 24.4 Å². The number of aromatic nitrogens is 4. The van der Waals surface area contributed by atoms with E-state index in [1.807, 2.05) is 24.3 Å². The highest BCUT2D eigenvalue weighted by atomic mass is 32.1. The Balaban J connectivity index is 1.39. The van der Waals surface area contributed by atoms with E-state index in [1.54, 1.807) is 42.5 Å². The smallest absolute Gasteiger partial charge is 0.262 e. The first-order valence-electron chi connectivity index (χ1n) is 14.0. The van der Waals surface area contributed by atoms with Gasteiger partial charge in [0.2, 0.25) is 0 Å². The van der Waals surface area contributed by atoms with Gasteiger partial charge < -0.3 is 15.7 Å². The summed E-state index contributed by atoms with van der Waals surface area (Å²) in [4.78, 5) is 33.9. The molecule has 43 heavy (non-hydrogen) atoms. The summed E-state index contributed by atoms with van der Waals surface area (Å²) in [7, 11) is 1.73. The number of aryl methyl sites for hydroxylation is 1. The molecule has 1 aliphatic heterocycles. The molecule has 0 spiro atoms. The van der Waals surface area contributed by atoms with E-state index in [9.17, 15) is 9.59 Å². The number of nitrogens with one attached hydrogen (secondary N) is 2. The van der Waals surface area contributed by atoms with Gasteiger partial charge in [0.1, 0.15) is 17.3 Å². The number of pyridine rings is 1. The van der Waals surface area contributed by atoms with Gasteiger partial charge in [-0.15, -0.1) is 16.4 Å². The molecule has 0 radical (unpaired) electrons. The Kier molecular flexibility index (Phi) is 8.23. The van der Waals surface area contributed by atoms with Gasteiger partial charge in [-0.1, -0.05) is 23.4 Å². The summed E-state index contributed by atoms with van der Waals surface area (Å²) in [5.74, 6) is -0.912. The maximum Gasteiger partial charge on any atom is 0.262 e. The van der Waals surface area contributed by atoms with Crippen LogP contribution in [0.25, 0.3) is 31.8 Å². The molecule has 2 aromatic carbocycles. The number of hydrogen-bond donors (Lipinski definition) is 3. The Morgan fingerprint density at radius 1 is 1.19 bits per heavy atom. The number of benzene rings is 2. The second-order valence-corrected chi connectivity index (χ2v) is 11.4. The number of anilines is 1. The van der Waals surface area contributed by atoms with Gasteiger partial charge in [0, 0.05) is 52.4 Å². The van der Waals surface area contributed by atoms with Gasteiger partial charge in [-0.2, -0.15) is 0 Å². The number of aliphatic hydroxyl groups is 1. The minimum Gasteiger partial charge on any atom is -0.395 e. The van der Waals surface area contributed by atoms with Crippen molar-refractivity contribution in [1.29, 1.82) is 0 Å². The van der Waals surface area contributed by atoms with E-state index in [1.165, 1.54) is 28.2 Å². The second-order valence-electron chi connectivity index (χ2n) is 10.4. The molecule has 5 aromatic rings. The van der Waals surface area contributed by atoms with Crippen molar-refractivity contribution < 1.29 is 19.1 Å². The van der Waals surface area contributed by atoms with Gasteiger partial charge in [-0.3, -0.25) is 19.2 Å². The van der Waals surface area contributed by atoms with Crippen molar-refractivity contribution in [2.24, 2.45) is 7.05 Å². The number of aliphatic hydroxyl groups excluding tert-OH is 1. The molecule has 220 valence electrons. The highest BCUT2D eigenvalue weighted by molar-refractivity contribution is 7.22. The molecule has 6 rings (SSSR count). The van der Waals surface area contributed by atoms with E-state index >= 15 is 4.39 Å². The average Bonchev–Trinajstić information content (AvgIpc) is 3.67. The number of carbonyl (C=O) groups is 2. The van der Waals surface area contributed by atoms with Crippen LogP contribution in [0.4, 0.5) is 10.2 Å². The van der Waals surface area contributed by atoms with E-state index in [2.05, 4.69) is 25.9 Å². The van der Waals surface area contributed by atoms with Crippen LogP contribution in [0.2, 0.25) is 0 Å². The van der Waals surface area contributed by atoms with E-state index in [0.717, 1.165) is 39.9 Å². The van der Waals surface area contributed by atoms with Crippen molar-refractivity contribution in [3.63, 3.8) is 0 Å². The molecule has 0 bridgehead atoms. The quantitative estimate of drug-likeness (QED) is 0.246. The van der Waals surface area contributed by atoms with E-state index in [0.29, 0.717) is 29.2 Å². The summed E-state index contributed by atoms with van der Waals surface area (Å²) in [5, 5.41) is 23.8. The normalized spacial score (nSPS) is 15.0. The Hall–Kier alpha value is -4.52. The predicted octanol–water partition coefficient (Wildman–Crippen LogP) is 4.02. The largest absolute Gasteiger partial charge is 0.395 e. The molecule has 0 unspecified atom stereocenters. The van der Waals surface area contributed by atoms with Crippen molar-refractivity contribution in [1.82, 2.24) is 30.6 Å². The summed E-state index contributed by atoms with van der Waals surface area (Å²) >= 11 is 1.52. The lowest BCUT2D eigenvalue weighted by atomic mass is 10.0. The van der Waals surface area contributed by atoms with Crippen LogP contribution >= 0.6 is 11.3 Å². The third-order valence-corrected chi connectivity index (χ3v) is 8.56. The molecular formula is C31H30FN7O3S. The first kappa shape index (κ1) is 28.6. The number of hydrogen-bond acceptors (Lipinski definition) is 8. The van der Waals surface area contributed by atoms with Crippen LogP contribution in [0.1, 0.15) is 33.6 Å². The summed E-state index contributed by atoms with van der Waals surface area (Å²) in [5.41, 5.74) is 2.32. The topological polar surface area (TPSA) is 125 Å². The van der Waals surface area contributed by atoms with Gasteiger partial charge in [0.15, 0.2) is 0 Å². The molecule has 1 atom stereocenters. The molecule has 10 nitrogen and oxygen atoms in total. The van der Waals surface area contributed by atoms with Crippen LogP contribution in [0.15, 0.2) is 67.0 Å². The lowest BCUT2D eigenvalue weighted by Crippen LogP contribution is -2.49. The Morgan fingerprint density at radius 2 is 2.07 bits per heavy atom. The Morgan fingerprint density at radius 3 is 2.81 bits per heavy atom. The van der Waals surface area contributed by atoms with Crippen LogP contribution in [0.3, 0.4) is 0 Å². The first-order valence-corrected chi connectivity index (χ1v) is 14.8. The van der Waals surface area contributed by atoms with Crippen LogP contribution in [-0.2, 0) is 7.05 Å². The molecule has 1 saturated heterocycles. The van der Waals surface area contributed by atoms with Crippen LogP contribution in [0.5, 0.6) is 0 Å². The first-order chi connectivity index (χ1) is 20.9. The minimum absolute atomic E-state index is 0.0472. The van der Waals surface area contributed by atoms with E-state index in [-0.39, 0.29) is 30.7 Å². The lowest BCUT2D eigenvalue weighted by Gasteiger charge is -2.34. The molecule has 3 N–H and O–H groups in total. The number of thiophene rings is 1. The van der Waals surface area contributed by atoms with Gasteiger partial charge in [0.25, 0.3) is 11.8 Å². The second kappa shape index (κ2) is 12.4. The van der Waals surface area contributed by atoms with E-state index in [4.69, 9.17) is 5.11 Å². The molecular weight excluding hydrogens is 569 g/mol. The maximum absolute atomic E-state index is 15.6. The highest BCUT2D eigenvalue weighted by Crippen LogP contribution is 2.39. The summed E-state index contributed by atoms with van der Waals surface area (Å²) in [6, 6.07) is 15.4. The monoisotopic (exact) mass is 599 g/mol. The average molecular weight is 600 g/mol. The van der Waals surface area contributed by atoms with Gasteiger partial charge in [-0.05, 0) is 61.3 Å². The third kappa shape index (κ3) is 5.89. The molecule has 1 fully saturated rings. The fourth-order valence-corrected chi connectivity index (χ4v) is 6.36. The third-order valence-electron chi connectivity index (χ3n) is 7.41. The summed E-state index contributed by atoms with van der Waals surface area (Å²) in [6.45, 7) is 1.44. The van der Waals surface area contributed by atoms with Crippen molar-refractivity contribution in [2.75, 3.05) is 31.1 Å². The molecule has 12 heteroatoms. The Labute approximate surface area is 251 Å². The van der Waals surface area contributed by atoms with Crippen molar-refractivity contribution in [3.8, 4) is 21.7 Å². The fourth-order valence-electron chi connectivity index (χ4n) is 5.31. The van der Waals surface area contributed by atoms with Gasteiger partial charge in [-0.25, -0.2) is 9.37 Å². The molecule has 4 heterocycles. The van der Waals surface area contributed by atoms with Crippen molar-refractivity contribution in [3.05, 3.63) is 83.9 Å². The number of rotatable bonds is 8. The van der Waals surface area contributed by atoms with Crippen LogP contribution in [-0.4, -0.2) is 69.2 Å². The molecule has 1 aliphatic rings. The van der Waals surface area contributed by atoms with Gasteiger partial charge >= 0.3 is 0 Å². The zero-order valence-corrected chi connectivity index (χ0v) is 24.3. The zero-order chi connectivity index (χ0) is 29.9. The van der Waals surface area contributed by atoms with Crippen molar-refractivity contribution >= 4 is 39.1 Å². The standard InChI is InChI=1S/C31H30FN7O3S/c1-38-18-26(36-37-38)19-7-8-23(25(32)15-19)31(42)39(22-6-3-10-33-17-22)29-24-16-28(43-27(24)9-11-34-29)20-4-2-5-21(14-20)30(41)35-12-13-40/h2,4-5,7-9,11,14-16,18,22,33,40H,3,6,10,12-13,17H2,1H3,(H,35,41)/t22-/m1/s1. The number of piperidine rings is 1. The molecule has 0 aliphatic carbocycles. The summed E-state index contributed by atoms with van der Waals surface area (Å²) in [6.07, 6.45) is 4.98. The molecule has 2 amide bonds. The number of halogens is 1.